The van der Waals surface area contributed by atoms with Crippen LogP contribution >= 0.6 is 0 Å². The highest BCUT2D eigenvalue weighted by Gasteiger charge is 2.21. The standard InChI is InChI=1S/C7H14N4O4/c1-11(10-15)7(14)9-5(6(12)13)3-2-4-8/h5H,2-4,8H2,1H3,(H,9,14)(H,12,13). The average Bonchev–Trinajstić information content (AvgIpc) is 2.22. The highest BCUT2D eigenvalue weighted by Crippen LogP contribution is 1.98. The van der Waals surface area contributed by atoms with E-state index in [0.29, 0.717) is 18.0 Å². The van der Waals surface area contributed by atoms with Gasteiger partial charge in [0.05, 0.1) is 5.29 Å². The van der Waals surface area contributed by atoms with Gasteiger partial charge < -0.3 is 16.2 Å². The molecule has 0 saturated carbocycles. The molecule has 0 aliphatic carbocycles. The van der Waals surface area contributed by atoms with Gasteiger partial charge in [-0.2, -0.15) is 5.01 Å². The summed E-state index contributed by atoms with van der Waals surface area (Å²) >= 11 is 0. The summed E-state index contributed by atoms with van der Waals surface area (Å²) in [4.78, 5) is 31.7. The van der Waals surface area contributed by atoms with Crippen molar-refractivity contribution in [3.05, 3.63) is 4.91 Å². The number of hydrogen-bond donors (Lipinski definition) is 3. The van der Waals surface area contributed by atoms with Gasteiger partial charge in [0.25, 0.3) is 0 Å². The van der Waals surface area contributed by atoms with Crippen LogP contribution in [0.2, 0.25) is 0 Å². The lowest BCUT2D eigenvalue weighted by atomic mass is 10.1. The van der Waals surface area contributed by atoms with Crippen molar-refractivity contribution in [1.82, 2.24) is 10.3 Å². The third kappa shape index (κ3) is 4.91. The minimum absolute atomic E-state index is 0.213. The van der Waals surface area contributed by atoms with Crippen molar-refractivity contribution >= 4 is 12.0 Å². The van der Waals surface area contributed by atoms with Crippen LogP contribution in [0.3, 0.4) is 0 Å². The Morgan fingerprint density at radius 3 is 2.60 bits per heavy atom. The molecular formula is C7H14N4O4. The van der Waals surface area contributed by atoms with Gasteiger partial charge >= 0.3 is 12.0 Å². The summed E-state index contributed by atoms with van der Waals surface area (Å²) in [7, 11) is 1.13. The molecule has 1 atom stereocenters. The van der Waals surface area contributed by atoms with Gasteiger partial charge in [0, 0.05) is 7.05 Å². The number of carbonyl (C=O) groups excluding carboxylic acids is 1. The van der Waals surface area contributed by atoms with E-state index in [2.05, 4.69) is 10.6 Å². The number of urea groups is 1. The lowest BCUT2D eigenvalue weighted by Crippen LogP contribution is -2.45. The lowest BCUT2D eigenvalue weighted by molar-refractivity contribution is -0.139. The van der Waals surface area contributed by atoms with Crippen LogP contribution in [-0.2, 0) is 4.79 Å². The molecule has 4 N–H and O–H groups in total. The molecule has 0 radical (unpaired) electrons. The monoisotopic (exact) mass is 218 g/mol. The van der Waals surface area contributed by atoms with E-state index in [0.717, 1.165) is 7.05 Å². The van der Waals surface area contributed by atoms with Gasteiger partial charge in [-0.15, -0.1) is 4.91 Å². The topological polar surface area (TPSA) is 125 Å². The summed E-state index contributed by atoms with van der Waals surface area (Å²) in [5, 5.41) is 13.7. The van der Waals surface area contributed by atoms with Crippen molar-refractivity contribution in [3.8, 4) is 0 Å². The minimum atomic E-state index is -1.17. The zero-order chi connectivity index (χ0) is 11.8. The van der Waals surface area contributed by atoms with Crippen molar-refractivity contribution in [2.75, 3.05) is 13.6 Å². The lowest BCUT2D eigenvalue weighted by Gasteiger charge is -2.15. The predicted molar refractivity (Wildman–Crippen MR) is 51.8 cm³/mol. The second kappa shape index (κ2) is 6.71. The maximum atomic E-state index is 11.1. The van der Waals surface area contributed by atoms with Gasteiger partial charge in [0.15, 0.2) is 0 Å². The summed E-state index contributed by atoms with van der Waals surface area (Å²) in [6.45, 7) is 0.335. The van der Waals surface area contributed by atoms with Gasteiger partial charge in [0.1, 0.15) is 6.04 Å². The highest BCUT2D eigenvalue weighted by atomic mass is 16.4. The van der Waals surface area contributed by atoms with Crippen LogP contribution in [0, 0.1) is 4.91 Å². The van der Waals surface area contributed by atoms with Crippen molar-refractivity contribution < 1.29 is 14.7 Å². The number of rotatable bonds is 6. The second-order valence-corrected chi connectivity index (χ2v) is 2.88. The Morgan fingerprint density at radius 1 is 1.60 bits per heavy atom. The zero-order valence-electron chi connectivity index (χ0n) is 8.34. The number of nitrogens with two attached hydrogens (primary N) is 1. The molecular weight excluding hydrogens is 204 g/mol. The van der Waals surface area contributed by atoms with E-state index in [1.165, 1.54) is 0 Å². The van der Waals surface area contributed by atoms with E-state index >= 15 is 0 Å². The maximum Gasteiger partial charge on any atom is 0.340 e. The summed E-state index contributed by atoms with van der Waals surface area (Å²) in [6, 6.07) is -1.90. The molecule has 15 heavy (non-hydrogen) atoms. The van der Waals surface area contributed by atoms with Crippen molar-refractivity contribution in [2.24, 2.45) is 11.0 Å². The number of nitrogens with one attached hydrogen (secondary N) is 1. The Bertz CT molecular complexity index is 245. The fourth-order valence-electron chi connectivity index (χ4n) is 0.859. The first-order valence-corrected chi connectivity index (χ1v) is 4.33. The van der Waals surface area contributed by atoms with Gasteiger partial charge in [-0.25, -0.2) is 9.59 Å². The summed E-state index contributed by atoms with van der Waals surface area (Å²) in [5.41, 5.74) is 5.21. The van der Waals surface area contributed by atoms with E-state index < -0.39 is 18.0 Å². The van der Waals surface area contributed by atoms with E-state index in [-0.39, 0.29) is 6.42 Å². The van der Waals surface area contributed by atoms with Crippen LogP contribution in [0.1, 0.15) is 12.8 Å². The Labute approximate surface area is 86.4 Å². The van der Waals surface area contributed by atoms with Crippen LogP contribution in [0.15, 0.2) is 5.29 Å². The van der Waals surface area contributed by atoms with Crippen molar-refractivity contribution in [3.63, 3.8) is 0 Å². The first kappa shape index (κ1) is 13.3. The van der Waals surface area contributed by atoms with Gasteiger partial charge in [-0.1, -0.05) is 0 Å². The van der Waals surface area contributed by atoms with E-state index in [9.17, 15) is 14.5 Å². The molecule has 0 heterocycles. The third-order valence-corrected chi connectivity index (χ3v) is 1.71. The van der Waals surface area contributed by atoms with E-state index in [1.54, 1.807) is 0 Å². The van der Waals surface area contributed by atoms with Gasteiger partial charge in [-0.3, -0.25) is 0 Å². The number of nitrogens with zero attached hydrogens (tertiary/aromatic N) is 2. The molecule has 8 nitrogen and oxygen atoms in total. The number of carboxylic acids is 1. The largest absolute Gasteiger partial charge is 0.480 e. The summed E-state index contributed by atoms with van der Waals surface area (Å²) in [6.07, 6.45) is 0.680. The first-order valence-electron chi connectivity index (χ1n) is 4.33. The van der Waals surface area contributed by atoms with Crippen molar-refractivity contribution in [2.45, 2.75) is 18.9 Å². The molecule has 0 aromatic carbocycles. The number of carboxylic acid groups (broad SMARTS) is 1. The van der Waals surface area contributed by atoms with Crippen LogP contribution in [0.4, 0.5) is 4.79 Å². The molecule has 0 aromatic heterocycles. The van der Waals surface area contributed by atoms with Crippen LogP contribution in [0.5, 0.6) is 0 Å². The maximum absolute atomic E-state index is 11.1. The number of aliphatic carboxylic acids is 1. The molecule has 86 valence electrons. The fourth-order valence-corrected chi connectivity index (χ4v) is 0.859. The molecule has 0 bridgehead atoms. The molecule has 2 amide bonds. The fraction of sp³-hybridized carbons (Fsp3) is 0.714. The van der Waals surface area contributed by atoms with Crippen LogP contribution in [0.25, 0.3) is 0 Å². The predicted octanol–water partition coefficient (Wildman–Crippen LogP) is -0.499. The first-order chi connectivity index (χ1) is 7.02. The Balaban J connectivity index is 4.21. The molecule has 0 aliphatic heterocycles. The molecule has 0 saturated heterocycles. The minimum Gasteiger partial charge on any atom is -0.480 e. The molecule has 0 aromatic rings. The second-order valence-electron chi connectivity index (χ2n) is 2.88. The SMILES string of the molecule is CN(N=O)C(=O)NC(CCCN)C(=O)O. The zero-order valence-corrected chi connectivity index (χ0v) is 8.34. The molecule has 0 spiro atoms. The highest BCUT2D eigenvalue weighted by molar-refractivity contribution is 5.82. The molecule has 0 fully saturated rings. The molecule has 0 rings (SSSR count). The molecule has 0 aliphatic rings. The van der Waals surface area contributed by atoms with Crippen LogP contribution < -0.4 is 11.1 Å². The summed E-state index contributed by atoms with van der Waals surface area (Å²) < 4.78 is 0. The quantitative estimate of drug-likeness (QED) is 0.409. The Hall–Kier alpha value is -1.70. The van der Waals surface area contributed by atoms with Crippen molar-refractivity contribution in [1.29, 1.82) is 0 Å². The molecule has 8 heteroatoms. The number of hydrogen-bond acceptors (Lipinski definition) is 5. The average molecular weight is 218 g/mol. The van der Waals surface area contributed by atoms with Gasteiger partial charge in [-0.05, 0) is 19.4 Å². The number of nitroso groups, excluding NO2 is 1. The van der Waals surface area contributed by atoms with Crippen LogP contribution in [-0.4, -0.2) is 41.8 Å². The number of amides is 2. The number of carbonyl (C=O) groups is 2. The summed E-state index contributed by atoms with van der Waals surface area (Å²) in [5.74, 6) is -1.17. The molecule has 1 unspecified atom stereocenters. The Morgan fingerprint density at radius 2 is 2.20 bits per heavy atom. The third-order valence-electron chi connectivity index (χ3n) is 1.71. The van der Waals surface area contributed by atoms with Gasteiger partial charge in [0.2, 0.25) is 0 Å². The normalized spacial score (nSPS) is 11.6. The Kier molecular flexibility index (Phi) is 5.95. The van der Waals surface area contributed by atoms with E-state index in [4.69, 9.17) is 10.8 Å². The van der Waals surface area contributed by atoms with E-state index in [1.807, 2.05) is 0 Å². The smallest absolute Gasteiger partial charge is 0.340 e.